The lowest BCUT2D eigenvalue weighted by atomic mass is 10.3. The largest absolute Gasteiger partial charge is 0.508 e. The van der Waals surface area contributed by atoms with Gasteiger partial charge in [0.2, 0.25) is 0 Å². The molecular formula is C11H13NO3. The lowest BCUT2D eigenvalue weighted by molar-refractivity contribution is -0.134. The quantitative estimate of drug-likeness (QED) is 0.446. The molecule has 0 heterocycles. The van der Waals surface area contributed by atoms with Gasteiger partial charge in [-0.3, -0.25) is 0 Å². The van der Waals surface area contributed by atoms with Crippen LogP contribution in [-0.4, -0.2) is 24.7 Å². The Bertz CT molecular complexity index is 343. The maximum absolute atomic E-state index is 10.7. The molecule has 1 rings (SSSR count). The Morgan fingerprint density at radius 1 is 1.47 bits per heavy atom. The molecule has 0 spiro atoms. The fourth-order valence-electron chi connectivity index (χ4n) is 0.979. The summed E-state index contributed by atoms with van der Waals surface area (Å²) in [5, 5.41) is 12.1. The monoisotopic (exact) mass is 207 g/mol. The molecule has 0 aromatic heterocycles. The fourth-order valence-corrected chi connectivity index (χ4v) is 0.979. The Labute approximate surface area is 88.2 Å². The maximum atomic E-state index is 10.7. The van der Waals surface area contributed by atoms with E-state index in [9.17, 15) is 4.79 Å². The standard InChI is InChI=1S/C11H13NO3/c1-15-11(14)3-2-8-12-9-4-6-10(13)7-5-9/h2-7,12-13H,8H2,1H3/b3-2+. The average molecular weight is 207 g/mol. The Balaban J connectivity index is 2.35. The van der Waals surface area contributed by atoms with Crippen LogP contribution in [0.4, 0.5) is 5.69 Å². The number of hydrogen-bond acceptors (Lipinski definition) is 4. The first-order valence-electron chi connectivity index (χ1n) is 4.50. The third kappa shape index (κ3) is 4.17. The number of nitrogens with one attached hydrogen (secondary N) is 1. The molecule has 4 nitrogen and oxygen atoms in total. The van der Waals surface area contributed by atoms with E-state index in [1.165, 1.54) is 13.2 Å². The van der Waals surface area contributed by atoms with E-state index in [0.717, 1.165) is 5.69 Å². The molecule has 0 atom stereocenters. The van der Waals surface area contributed by atoms with Crippen molar-refractivity contribution in [1.82, 2.24) is 0 Å². The van der Waals surface area contributed by atoms with E-state index in [1.54, 1.807) is 30.3 Å². The van der Waals surface area contributed by atoms with Crippen LogP contribution < -0.4 is 5.32 Å². The Hall–Kier alpha value is -1.97. The number of methoxy groups -OCH3 is 1. The second-order valence-electron chi connectivity index (χ2n) is 2.85. The van der Waals surface area contributed by atoms with Gasteiger partial charge in [0.15, 0.2) is 0 Å². The average Bonchev–Trinajstić information content (AvgIpc) is 2.26. The van der Waals surface area contributed by atoms with Crippen LogP contribution in [0.2, 0.25) is 0 Å². The number of benzene rings is 1. The highest BCUT2D eigenvalue weighted by molar-refractivity contribution is 5.81. The SMILES string of the molecule is COC(=O)/C=C/CNc1ccc(O)cc1. The van der Waals surface area contributed by atoms with Crippen LogP contribution >= 0.6 is 0 Å². The lowest BCUT2D eigenvalue weighted by Gasteiger charge is -2.02. The molecule has 0 radical (unpaired) electrons. The van der Waals surface area contributed by atoms with E-state index in [-0.39, 0.29) is 11.7 Å². The first-order chi connectivity index (χ1) is 7.22. The Kier molecular flexibility index (Phi) is 4.22. The summed E-state index contributed by atoms with van der Waals surface area (Å²) in [6.45, 7) is 0.528. The van der Waals surface area contributed by atoms with Gasteiger partial charge in [0.05, 0.1) is 7.11 Å². The van der Waals surface area contributed by atoms with E-state index in [2.05, 4.69) is 10.1 Å². The van der Waals surface area contributed by atoms with Crippen molar-refractivity contribution in [2.45, 2.75) is 0 Å². The molecule has 80 valence electrons. The van der Waals surface area contributed by atoms with Crippen molar-refractivity contribution >= 4 is 11.7 Å². The third-order valence-electron chi connectivity index (χ3n) is 1.75. The smallest absolute Gasteiger partial charge is 0.330 e. The van der Waals surface area contributed by atoms with Crippen molar-refractivity contribution in [2.75, 3.05) is 19.0 Å². The normalized spacial score (nSPS) is 10.2. The zero-order valence-corrected chi connectivity index (χ0v) is 8.43. The lowest BCUT2D eigenvalue weighted by Crippen LogP contribution is -2.00. The number of hydrogen-bond donors (Lipinski definition) is 2. The number of carbonyl (C=O) groups is 1. The topological polar surface area (TPSA) is 58.6 Å². The second kappa shape index (κ2) is 5.70. The van der Waals surface area contributed by atoms with E-state index in [1.807, 2.05) is 0 Å². The van der Waals surface area contributed by atoms with Crippen molar-refractivity contribution < 1.29 is 14.6 Å². The van der Waals surface area contributed by atoms with Gasteiger partial charge in [-0.2, -0.15) is 0 Å². The first-order valence-corrected chi connectivity index (χ1v) is 4.50. The van der Waals surface area contributed by atoms with Crippen molar-refractivity contribution in [1.29, 1.82) is 0 Å². The molecule has 1 aromatic carbocycles. The molecule has 0 unspecified atom stereocenters. The van der Waals surface area contributed by atoms with E-state index in [0.29, 0.717) is 6.54 Å². The van der Waals surface area contributed by atoms with Crippen LogP contribution in [0.3, 0.4) is 0 Å². The van der Waals surface area contributed by atoms with Crippen molar-refractivity contribution in [3.05, 3.63) is 36.4 Å². The number of ether oxygens (including phenoxy) is 1. The van der Waals surface area contributed by atoms with Crippen LogP contribution in [0.15, 0.2) is 36.4 Å². The third-order valence-corrected chi connectivity index (χ3v) is 1.75. The zero-order valence-electron chi connectivity index (χ0n) is 8.43. The van der Waals surface area contributed by atoms with Crippen LogP contribution in [0.1, 0.15) is 0 Å². The van der Waals surface area contributed by atoms with Crippen molar-refractivity contribution in [2.24, 2.45) is 0 Å². The molecule has 0 aliphatic carbocycles. The van der Waals surface area contributed by atoms with Gasteiger partial charge in [-0.25, -0.2) is 4.79 Å². The number of esters is 1. The molecule has 2 N–H and O–H groups in total. The van der Waals surface area contributed by atoms with Crippen LogP contribution in [-0.2, 0) is 9.53 Å². The van der Waals surface area contributed by atoms with Gasteiger partial charge in [-0.15, -0.1) is 0 Å². The summed E-state index contributed by atoms with van der Waals surface area (Å²) in [7, 11) is 1.33. The van der Waals surface area contributed by atoms with Gasteiger partial charge in [0, 0.05) is 18.3 Å². The van der Waals surface area contributed by atoms with Gasteiger partial charge < -0.3 is 15.2 Å². The van der Waals surface area contributed by atoms with Gasteiger partial charge in [-0.1, -0.05) is 6.08 Å². The number of rotatable bonds is 4. The molecule has 15 heavy (non-hydrogen) atoms. The number of anilines is 1. The highest BCUT2D eigenvalue weighted by Gasteiger charge is 1.91. The van der Waals surface area contributed by atoms with Crippen molar-refractivity contribution in [3.63, 3.8) is 0 Å². The minimum absolute atomic E-state index is 0.227. The highest BCUT2D eigenvalue weighted by Crippen LogP contribution is 2.13. The van der Waals surface area contributed by atoms with Crippen LogP contribution in [0.25, 0.3) is 0 Å². The second-order valence-corrected chi connectivity index (χ2v) is 2.85. The molecule has 0 amide bonds. The molecule has 0 saturated heterocycles. The van der Waals surface area contributed by atoms with E-state index in [4.69, 9.17) is 5.11 Å². The maximum Gasteiger partial charge on any atom is 0.330 e. The minimum Gasteiger partial charge on any atom is -0.508 e. The van der Waals surface area contributed by atoms with Gasteiger partial charge in [0.25, 0.3) is 0 Å². The molecule has 0 aliphatic heterocycles. The van der Waals surface area contributed by atoms with Crippen LogP contribution in [0, 0.1) is 0 Å². The summed E-state index contributed by atoms with van der Waals surface area (Å²) in [6.07, 6.45) is 3.02. The number of phenols is 1. The fraction of sp³-hybridized carbons (Fsp3) is 0.182. The summed E-state index contributed by atoms with van der Waals surface area (Å²) in [4.78, 5) is 10.7. The summed E-state index contributed by atoms with van der Waals surface area (Å²) < 4.78 is 4.43. The zero-order chi connectivity index (χ0) is 11.1. The van der Waals surface area contributed by atoms with Crippen molar-refractivity contribution in [3.8, 4) is 5.75 Å². The molecule has 4 heteroatoms. The summed E-state index contributed by atoms with van der Waals surface area (Å²) in [5.74, 6) is -0.145. The number of carbonyl (C=O) groups excluding carboxylic acids is 1. The van der Waals surface area contributed by atoms with E-state index < -0.39 is 0 Å². The molecule has 0 saturated carbocycles. The predicted molar refractivity (Wildman–Crippen MR) is 57.8 cm³/mol. The molecule has 1 aromatic rings. The summed E-state index contributed by atoms with van der Waals surface area (Å²) in [5.41, 5.74) is 0.877. The Morgan fingerprint density at radius 3 is 2.73 bits per heavy atom. The van der Waals surface area contributed by atoms with Gasteiger partial charge >= 0.3 is 5.97 Å². The first kappa shape index (κ1) is 11.1. The van der Waals surface area contributed by atoms with E-state index >= 15 is 0 Å². The Morgan fingerprint density at radius 2 is 2.13 bits per heavy atom. The van der Waals surface area contributed by atoms with Gasteiger partial charge in [0.1, 0.15) is 5.75 Å². The molecule has 0 fully saturated rings. The summed E-state index contributed by atoms with van der Waals surface area (Å²) >= 11 is 0. The summed E-state index contributed by atoms with van der Waals surface area (Å²) in [6, 6.07) is 6.68. The predicted octanol–water partition coefficient (Wildman–Crippen LogP) is 1.53. The molecular weight excluding hydrogens is 194 g/mol. The minimum atomic E-state index is -0.373. The number of aromatic hydroxyl groups is 1. The molecule has 0 bridgehead atoms. The van der Waals surface area contributed by atoms with Gasteiger partial charge in [-0.05, 0) is 24.3 Å². The number of phenolic OH excluding ortho intramolecular Hbond substituents is 1. The highest BCUT2D eigenvalue weighted by atomic mass is 16.5. The van der Waals surface area contributed by atoms with Crippen LogP contribution in [0.5, 0.6) is 5.75 Å². The molecule has 0 aliphatic rings.